The first kappa shape index (κ1) is 7.11. The van der Waals surface area contributed by atoms with Gasteiger partial charge in [-0.15, -0.1) is 0 Å². The van der Waals surface area contributed by atoms with Gasteiger partial charge in [0.25, 0.3) is 0 Å². The first-order chi connectivity index (χ1) is 4.50. The van der Waals surface area contributed by atoms with Crippen molar-refractivity contribution in [1.82, 2.24) is 0 Å². The lowest BCUT2D eigenvalue weighted by atomic mass is 10.1. The lowest BCUT2D eigenvalue weighted by Crippen LogP contribution is -1.76. The molecule has 0 aliphatic heterocycles. The standard InChI is InChI=1S/C9H16/c1-2-4-6-8-9-7-5-3-1/h1,6H,2-5,7-9H2. The molecular weight excluding hydrogens is 108 g/mol. The fraction of sp³-hybridized carbons (Fsp3) is 0.778. The van der Waals surface area contributed by atoms with Crippen LogP contribution in [0.4, 0.5) is 0 Å². The lowest BCUT2D eigenvalue weighted by Gasteiger charge is -1.93. The van der Waals surface area contributed by atoms with Crippen LogP contribution in [0.1, 0.15) is 44.9 Å². The zero-order chi connectivity index (χ0) is 6.36. The van der Waals surface area contributed by atoms with Gasteiger partial charge in [-0.25, -0.2) is 0 Å². The fourth-order valence-electron chi connectivity index (χ4n) is 1.28. The molecule has 1 fully saturated rings. The monoisotopic (exact) mass is 124 g/mol. The molecule has 0 heteroatoms. The highest BCUT2D eigenvalue weighted by Gasteiger charge is 1.96. The third-order valence-electron chi connectivity index (χ3n) is 1.89. The first-order valence-corrected chi connectivity index (χ1v) is 4.13. The Labute approximate surface area is 58.7 Å². The Morgan fingerprint density at radius 3 is 1.67 bits per heavy atom. The Kier molecular flexibility index (Phi) is 3.82. The molecule has 2 radical (unpaired) electrons. The maximum atomic E-state index is 2.43. The largest absolute Gasteiger partial charge is 0.0533 e. The lowest BCUT2D eigenvalue weighted by molar-refractivity contribution is 0.679. The molecule has 0 bridgehead atoms. The van der Waals surface area contributed by atoms with Crippen LogP contribution in [0.15, 0.2) is 0 Å². The maximum absolute atomic E-state index is 2.43. The van der Waals surface area contributed by atoms with Crippen molar-refractivity contribution in [1.29, 1.82) is 0 Å². The van der Waals surface area contributed by atoms with Crippen molar-refractivity contribution in [2.24, 2.45) is 0 Å². The van der Waals surface area contributed by atoms with Gasteiger partial charge in [0, 0.05) is 0 Å². The number of hydrogen-bond acceptors (Lipinski definition) is 0. The van der Waals surface area contributed by atoms with E-state index >= 15 is 0 Å². The van der Waals surface area contributed by atoms with Gasteiger partial charge in [0.15, 0.2) is 0 Å². The van der Waals surface area contributed by atoms with Gasteiger partial charge in [0.1, 0.15) is 0 Å². The molecule has 1 rings (SSSR count). The molecule has 0 aromatic rings. The van der Waals surface area contributed by atoms with Crippen molar-refractivity contribution >= 4 is 0 Å². The molecule has 0 spiro atoms. The molecular formula is C9H16. The van der Waals surface area contributed by atoms with E-state index in [2.05, 4.69) is 12.8 Å². The van der Waals surface area contributed by atoms with E-state index in [4.69, 9.17) is 0 Å². The Morgan fingerprint density at radius 1 is 0.556 bits per heavy atom. The molecule has 0 unspecified atom stereocenters. The highest BCUT2D eigenvalue weighted by molar-refractivity contribution is 4.74. The minimum absolute atomic E-state index is 1.32. The van der Waals surface area contributed by atoms with Crippen LogP contribution < -0.4 is 0 Å². The van der Waals surface area contributed by atoms with Crippen molar-refractivity contribution < 1.29 is 0 Å². The average molecular weight is 124 g/mol. The predicted molar refractivity (Wildman–Crippen MR) is 40.9 cm³/mol. The molecule has 0 atom stereocenters. The molecule has 0 aromatic heterocycles. The average Bonchev–Trinajstić information content (AvgIpc) is 2.00. The van der Waals surface area contributed by atoms with Gasteiger partial charge in [0.05, 0.1) is 0 Å². The third kappa shape index (κ3) is 3.56. The molecule has 1 aliphatic rings. The fourth-order valence-corrected chi connectivity index (χ4v) is 1.28. The summed E-state index contributed by atoms with van der Waals surface area (Å²) in [4.78, 5) is 0. The summed E-state index contributed by atoms with van der Waals surface area (Å²) in [6.07, 6.45) is 14.5. The summed E-state index contributed by atoms with van der Waals surface area (Å²) in [7, 11) is 0. The zero-order valence-electron chi connectivity index (χ0n) is 6.10. The first-order valence-electron chi connectivity index (χ1n) is 4.13. The molecule has 0 nitrogen and oxygen atoms in total. The third-order valence-corrected chi connectivity index (χ3v) is 1.89. The van der Waals surface area contributed by atoms with Gasteiger partial charge in [-0.3, -0.25) is 0 Å². The van der Waals surface area contributed by atoms with Gasteiger partial charge in [-0.1, -0.05) is 32.1 Å². The van der Waals surface area contributed by atoms with Crippen LogP contribution in [0.3, 0.4) is 0 Å². The molecule has 0 amide bonds. The number of hydrogen-bond donors (Lipinski definition) is 0. The van der Waals surface area contributed by atoms with Crippen molar-refractivity contribution in [2.45, 2.75) is 44.9 Å². The van der Waals surface area contributed by atoms with Crippen molar-refractivity contribution in [2.75, 3.05) is 0 Å². The quantitative estimate of drug-likeness (QED) is 0.465. The summed E-state index contributed by atoms with van der Waals surface area (Å²) in [5.74, 6) is 0. The molecule has 1 aliphatic carbocycles. The smallest absolute Gasteiger partial charge is 0.0386 e. The van der Waals surface area contributed by atoms with Crippen molar-refractivity contribution in [3.8, 4) is 0 Å². The Balaban J connectivity index is 2.02. The molecule has 0 aromatic carbocycles. The van der Waals surface area contributed by atoms with E-state index < -0.39 is 0 Å². The molecule has 0 N–H and O–H groups in total. The summed E-state index contributed by atoms with van der Waals surface area (Å²) in [5.41, 5.74) is 0. The van der Waals surface area contributed by atoms with Crippen LogP contribution in [-0.4, -0.2) is 0 Å². The molecule has 1 saturated carbocycles. The van der Waals surface area contributed by atoms with Gasteiger partial charge < -0.3 is 0 Å². The molecule has 0 heterocycles. The minimum Gasteiger partial charge on any atom is -0.0533 e. The van der Waals surface area contributed by atoms with E-state index in [0.717, 1.165) is 0 Å². The summed E-state index contributed by atoms with van der Waals surface area (Å²) < 4.78 is 0. The summed E-state index contributed by atoms with van der Waals surface area (Å²) in [6, 6.07) is 0. The van der Waals surface area contributed by atoms with Crippen LogP contribution in [0.25, 0.3) is 0 Å². The SMILES string of the molecule is [CH]1CC[CH]CCCCC1. The van der Waals surface area contributed by atoms with Crippen LogP contribution >= 0.6 is 0 Å². The zero-order valence-corrected chi connectivity index (χ0v) is 6.10. The van der Waals surface area contributed by atoms with Gasteiger partial charge in [0.2, 0.25) is 0 Å². The van der Waals surface area contributed by atoms with E-state index in [1.54, 1.807) is 0 Å². The van der Waals surface area contributed by atoms with Crippen molar-refractivity contribution in [3.05, 3.63) is 12.8 Å². The van der Waals surface area contributed by atoms with Crippen LogP contribution in [0.2, 0.25) is 0 Å². The second-order valence-corrected chi connectivity index (χ2v) is 2.79. The van der Waals surface area contributed by atoms with E-state index in [0.29, 0.717) is 0 Å². The van der Waals surface area contributed by atoms with Gasteiger partial charge in [-0.2, -0.15) is 0 Å². The summed E-state index contributed by atoms with van der Waals surface area (Å²) in [5, 5.41) is 0. The summed E-state index contributed by atoms with van der Waals surface area (Å²) >= 11 is 0. The van der Waals surface area contributed by atoms with E-state index in [-0.39, 0.29) is 0 Å². The second kappa shape index (κ2) is 4.84. The van der Waals surface area contributed by atoms with Crippen LogP contribution in [-0.2, 0) is 0 Å². The van der Waals surface area contributed by atoms with Gasteiger partial charge >= 0.3 is 0 Å². The molecule has 52 valence electrons. The normalized spacial score (nSPS) is 24.0. The Hall–Kier alpha value is 0. The molecule has 9 heavy (non-hydrogen) atoms. The molecule has 0 saturated heterocycles. The van der Waals surface area contributed by atoms with Gasteiger partial charge in [-0.05, 0) is 25.7 Å². The Morgan fingerprint density at radius 2 is 1.11 bits per heavy atom. The Bertz CT molecular complexity index is 28.5. The maximum Gasteiger partial charge on any atom is -0.0386 e. The highest BCUT2D eigenvalue weighted by atomic mass is 14.0. The highest BCUT2D eigenvalue weighted by Crippen LogP contribution is 2.14. The predicted octanol–water partition coefficient (Wildman–Crippen LogP) is 3.14. The summed E-state index contributed by atoms with van der Waals surface area (Å²) in [6.45, 7) is 0. The van der Waals surface area contributed by atoms with E-state index in [1.807, 2.05) is 0 Å². The van der Waals surface area contributed by atoms with Crippen LogP contribution in [0, 0.1) is 12.8 Å². The topological polar surface area (TPSA) is 0 Å². The second-order valence-electron chi connectivity index (χ2n) is 2.79. The number of rotatable bonds is 0. The van der Waals surface area contributed by atoms with E-state index in [1.165, 1.54) is 44.9 Å². The minimum atomic E-state index is 1.32. The van der Waals surface area contributed by atoms with Crippen LogP contribution in [0.5, 0.6) is 0 Å². The van der Waals surface area contributed by atoms with E-state index in [9.17, 15) is 0 Å². The van der Waals surface area contributed by atoms with Crippen molar-refractivity contribution in [3.63, 3.8) is 0 Å².